The van der Waals surface area contributed by atoms with Gasteiger partial charge in [0.2, 0.25) is 0 Å². The van der Waals surface area contributed by atoms with Crippen LogP contribution in [0.2, 0.25) is 0 Å². The van der Waals surface area contributed by atoms with E-state index in [-0.39, 0.29) is 11.9 Å². The number of aliphatic hydroxyl groups excluding tert-OH is 1. The highest BCUT2D eigenvalue weighted by atomic mass is 19.1. The first kappa shape index (κ1) is 20.3. The van der Waals surface area contributed by atoms with Gasteiger partial charge in [-0.1, -0.05) is 24.4 Å². The maximum atomic E-state index is 13.8. The fraction of sp³-hybridized carbons (Fsp3) is 0.522. The lowest BCUT2D eigenvalue weighted by molar-refractivity contribution is 0.103. The Morgan fingerprint density at radius 2 is 1.97 bits per heavy atom. The van der Waals surface area contributed by atoms with Crippen LogP contribution in [0.5, 0.6) is 0 Å². The fourth-order valence-corrected chi connectivity index (χ4v) is 4.83. The molecule has 1 aliphatic carbocycles. The molecule has 2 aliphatic rings. The molecule has 1 saturated heterocycles. The summed E-state index contributed by atoms with van der Waals surface area (Å²) < 4.78 is 19.3. The topological polar surface area (TPSA) is 87.3 Å². The number of anilines is 1. The molecule has 0 amide bonds. The lowest BCUT2D eigenvalue weighted by Gasteiger charge is -2.39. The number of piperidine rings is 1. The van der Waals surface area contributed by atoms with Crippen LogP contribution in [0.1, 0.15) is 44.3 Å². The van der Waals surface area contributed by atoms with E-state index in [1.807, 2.05) is 11.0 Å². The number of halogens is 1. The molecule has 0 radical (unpaired) electrons. The Balaban J connectivity index is 1.43. The second kappa shape index (κ2) is 8.51. The SMILES string of the molecule is Cc1noc(-c2cc3ccc(F)cc3nc2N2CC[C@H](NC3CCCCC3)[C@H](O)C2)n1. The molecule has 5 rings (SSSR count). The Bertz CT molecular complexity index is 1070. The van der Waals surface area contributed by atoms with Crippen LogP contribution in [0.15, 0.2) is 28.8 Å². The number of aliphatic hydroxyl groups is 1. The zero-order valence-corrected chi connectivity index (χ0v) is 17.7. The molecule has 3 heterocycles. The third-order valence-electron chi connectivity index (χ3n) is 6.45. The molecule has 2 fully saturated rings. The highest BCUT2D eigenvalue weighted by molar-refractivity contribution is 5.88. The standard InChI is InChI=1S/C23H28FN5O2/c1-14-25-23(31-28-14)18-11-15-7-8-16(24)12-20(15)27-22(18)29-10-9-19(21(30)13-29)26-17-5-3-2-4-6-17/h7-8,11-12,17,19,21,26,30H,2-6,9-10,13H2,1H3/t19-,21+/m0/s1. The molecule has 3 aromatic rings. The zero-order chi connectivity index (χ0) is 21.4. The number of rotatable bonds is 4. The maximum absolute atomic E-state index is 13.8. The molecule has 2 atom stereocenters. The number of nitrogens with one attached hydrogen (secondary N) is 1. The van der Waals surface area contributed by atoms with Crippen LogP contribution in [-0.2, 0) is 0 Å². The Kier molecular flexibility index (Phi) is 5.58. The molecule has 1 aliphatic heterocycles. The second-order valence-corrected chi connectivity index (χ2v) is 8.75. The van der Waals surface area contributed by atoms with Gasteiger partial charge in [-0.15, -0.1) is 0 Å². The first-order valence-electron chi connectivity index (χ1n) is 11.2. The lowest BCUT2D eigenvalue weighted by atomic mass is 9.92. The minimum absolute atomic E-state index is 0.0753. The van der Waals surface area contributed by atoms with E-state index in [0.717, 1.165) is 18.4 Å². The number of hydrogen-bond donors (Lipinski definition) is 2. The summed E-state index contributed by atoms with van der Waals surface area (Å²) in [5.74, 6) is 1.22. The number of pyridine rings is 1. The molecule has 2 aromatic heterocycles. The Morgan fingerprint density at radius 1 is 1.13 bits per heavy atom. The summed E-state index contributed by atoms with van der Waals surface area (Å²) >= 11 is 0. The Labute approximate surface area is 180 Å². The van der Waals surface area contributed by atoms with E-state index in [9.17, 15) is 9.50 Å². The Hall–Kier alpha value is -2.58. The summed E-state index contributed by atoms with van der Waals surface area (Å²) in [4.78, 5) is 11.2. The summed E-state index contributed by atoms with van der Waals surface area (Å²) in [5.41, 5.74) is 1.26. The average molecular weight is 426 g/mol. The summed E-state index contributed by atoms with van der Waals surface area (Å²) in [5, 5.41) is 19.3. The number of aryl methyl sites for hydroxylation is 1. The minimum Gasteiger partial charge on any atom is -0.390 e. The molecule has 164 valence electrons. The predicted octanol–water partition coefficient (Wildman–Crippen LogP) is 3.59. The van der Waals surface area contributed by atoms with Gasteiger partial charge in [0.05, 0.1) is 17.2 Å². The summed E-state index contributed by atoms with van der Waals surface area (Å²) in [6.45, 7) is 2.94. The van der Waals surface area contributed by atoms with Gasteiger partial charge in [-0.05, 0) is 44.4 Å². The van der Waals surface area contributed by atoms with E-state index in [2.05, 4.69) is 15.5 Å². The molecule has 0 spiro atoms. The van der Waals surface area contributed by atoms with E-state index >= 15 is 0 Å². The quantitative estimate of drug-likeness (QED) is 0.660. The van der Waals surface area contributed by atoms with Crippen molar-refractivity contribution >= 4 is 16.7 Å². The van der Waals surface area contributed by atoms with E-state index in [0.29, 0.717) is 41.2 Å². The van der Waals surface area contributed by atoms with E-state index in [1.54, 1.807) is 13.0 Å². The molecule has 1 aromatic carbocycles. The van der Waals surface area contributed by atoms with E-state index in [4.69, 9.17) is 9.51 Å². The first-order valence-corrected chi connectivity index (χ1v) is 11.2. The van der Waals surface area contributed by atoms with Crippen molar-refractivity contribution in [2.24, 2.45) is 0 Å². The minimum atomic E-state index is -0.516. The van der Waals surface area contributed by atoms with Gasteiger partial charge >= 0.3 is 0 Å². The summed E-state index contributed by atoms with van der Waals surface area (Å²) in [6.07, 6.45) is 6.50. The van der Waals surface area contributed by atoms with Crippen molar-refractivity contribution in [3.63, 3.8) is 0 Å². The molecular weight excluding hydrogens is 397 g/mol. The molecule has 31 heavy (non-hydrogen) atoms. The van der Waals surface area contributed by atoms with Crippen molar-refractivity contribution in [2.45, 2.75) is 63.6 Å². The second-order valence-electron chi connectivity index (χ2n) is 8.75. The first-order chi connectivity index (χ1) is 15.1. The third-order valence-corrected chi connectivity index (χ3v) is 6.45. The van der Waals surface area contributed by atoms with Crippen molar-refractivity contribution in [1.29, 1.82) is 0 Å². The van der Waals surface area contributed by atoms with Crippen LogP contribution < -0.4 is 10.2 Å². The van der Waals surface area contributed by atoms with Gasteiger partial charge in [0, 0.05) is 36.6 Å². The van der Waals surface area contributed by atoms with Crippen molar-refractivity contribution in [3.8, 4) is 11.5 Å². The molecule has 0 bridgehead atoms. The van der Waals surface area contributed by atoms with Crippen molar-refractivity contribution in [3.05, 3.63) is 35.9 Å². The average Bonchev–Trinajstić information content (AvgIpc) is 3.21. The van der Waals surface area contributed by atoms with Crippen LogP contribution in [0, 0.1) is 12.7 Å². The number of benzene rings is 1. The molecule has 0 unspecified atom stereocenters. The fourth-order valence-electron chi connectivity index (χ4n) is 4.83. The van der Waals surface area contributed by atoms with Gasteiger partial charge in [0.25, 0.3) is 5.89 Å². The number of aromatic nitrogens is 3. The van der Waals surface area contributed by atoms with Gasteiger partial charge in [0.15, 0.2) is 5.82 Å². The number of nitrogens with zero attached hydrogens (tertiary/aromatic N) is 4. The highest BCUT2D eigenvalue weighted by Crippen LogP contribution is 2.33. The van der Waals surface area contributed by atoms with Crippen LogP contribution in [0.25, 0.3) is 22.4 Å². The van der Waals surface area contributed by atoms with E-state index in [1.165, 1.54) is 44.2 Å². The molecule has 7 nitrogen and oxygen atoms in total. The zero-order valence-electron chi connectivity index (χ0n) is 17.7. The van der Waals surface area contributed by atoms with E-state index < -0.39 is 6.10 Å². The van der Waals surface area contributed by atoms with Gasteiger partial charge < -0.3 is 19.8 Å². The number of β-amino-alcohol motifs (C(OH)–C–C–N with tert-alkyl or cyclic N) is 1. The smallest absolute Gasteiger partial charge is 0.261 e. The van der Waals surface area contributed by atoms with Crippen molar-refractivity contribution in [1.82, 2.24) is 20.4 Å². The normalized spacial score (nSPS) is 22.9. The van der Waals surface area contributed by atoms with Crippen molar-refractivity contribution < 1.29 is 14.0 Å². The highest BCUT2D eigenvalue weighted by Gasteiger charge is 2.32. The van der Waals surface area contributed by atoms with Gasteiger partial charge in [-0.2, -0.15) is 4.98 Å². The van der Waals surface area contributed by atoms with Gasteiger partial charge in [-0.25, -0.2) is 9.37 Å². The summed E-state index contributed by atoms with van der Waals surface area (Å²) in [6, 6.07) is 7.02. The number of hydrogen-bond acceptors (Lipinski definition) is 7. The lowest BCUT2D eigenvalue weighted by Crippen LogP contribution is -2.55. The molecular formula is C23H28FN5O2. The largest absolute Gasteiger partial charge is 0.390 e. The molecule has 1 saturated carbocycles. The van der Waals surface area contributed by atoms with Gasteiger partial charge in [-0.3, -0.25) is 0 Å². The van der Waals surface area contributed by atoms with Crippen LogP contribution in [0.4, 0.5) is 10.2 Å². The predicted molar refractivity (Wildman–Crippen MR) is 116 cm³/mol. The van der Waals surface area contributed by atoms with Crippen molar-refractivity contribution in [2.75, 3.05) is 18.0 Å². The monoisotopic (exact) mass is 425 g/mol. The van der Waals surface area contributed by atoms with Gasteiger partial charge in [0.1, 0.15) is 11.6 Å². The maximum Gasteiger partial charge on any atom is 0.261 e. The molecule has 2 N–H and O–H groups in total. The molecule has 8 heteroatoms. The van der Waals surface area contributed by atoms with Crippen LogP contribution >= 0.6 is 0 Å². The Morgan fingerprint density at radius 3 is 2.71 bits per heavy atom. The number of fused-ring (bicyclic) bond motifs is 1. The van der Waals surface area contributed by atoms with Crippen LogP contribution in [0.3, 0.4) is 0 Å². The summed E-state index contributed by atoms with van der Waals surface area (Å²) in [7, 11) is 0. The third kappa shape index (κ3) is 4.27. The van der Waals surface area contributed by atoms with Crippen LogP contribution in [-0.4, -0.2) is 51.5 Å².